The van der Waals surface area contributed by atoms with Crippen LogP contribution in [-0.4, -0.2) is 34.8 Å². The van der Waals surface area contributed by atoms with E-state index in [1.54, 1.807) is 0 Å². The van der Waals surface area contributed by atoms with Gasteiger partial charge in [0.15, 0.2) is 0 Å². The number of hydrogen-bond acceptors (Lipinski definition) is 5. The van der Waals surface area contributed by atoms with Gasteiger partial charge in [-0.1, -0.05) is 0 Å². The summed E-state index contributed by atoms with van der Waals surface area (Å²) in [4.78, 5) is 10.9. The highest BCUT2D eigenvalue weighted by Gasteiger charge is 2.21. The number of aromatic nitrogens is 2. The van der Waals surface area contributed by atoms with Gasteiger partial charge in [0.1, 0.15) is 17.5 Å². The fraction of sp³-hybridized carbons (Fsp3) is 0.667. The summed E-state index contributed by atoms with van der Waals surface area (Å²) in [6.07, 6.45) is 2.03. The van der Waals surface area contributed by atoms with E-state index in [-0.39, 0.29) is 6.61 Å². The van der Waals surface area contributed by atoms with Crippen molar-refractivity contribution in [1.82, 2.24) is 9.97 Å². The maximum Gasteiger partial charge on any atom is 0.137 e. The normalized spacial score (nSPS) is 17.5. The Kier molecular flexibility index (Phi) is 3.47. The molecule has 1 aliphatic heterocycles. The number of nitrogens with two attached hydrogens (primary N) is 1. The van der Waals surface area contributed by atoms with Crippen molar-refractivity contribution in [1.29, 1.82) is 0 Å². The first-order valence-corrected chi connectivity index (χ1v) is 6.08. The molecule has 0 bridgehead atoms. The molecule has 0 aliphatic carbocycles. The number of nitrogen functional groups attached to an aromatic ring is 1. The van der Waals surface area contributed by atoms with Crippen LogP contribution < -0.4 is 10.6 Å². The first kappa shape index (κ1) is 12.1. The van der Waals surface area contributed by atoms with Crippen molar-refractivity contribution in [2.45, 2.75) is 26.7 Å². The summed E-state index contributed by atoms with van der Waals surface area (Å²) in [6, 6.07) is 0. The summed E-state index contributed by atoms with van der Waals surface area (Å²) in [5.41, 5.74) is 6.82. The van der Waals surface area contributed by atoms with E-state index in [0.29, 0.717) is 17.6 Å². The third kappa shape index (κ3) is 2.49. The lowest BCUT2D eigenvalue weighted by molar-refractivity contribution is 0.202. The molecule has 0 spiro atoms. The molecule has 0 saturated carbocycles. The fourth-order valence-corrected chi connectivity index (χ4v) is 2.27. The van der Waals surface area contributed by atoms with Crippen LogP contribution in [0.2, 0.25) is 0 Å². The quantitative estimate of drug-likeness (QED) is 0.797. The van der Waals surface area contributed by atoms with Crippen LogP contribution in [0, 0.1) is 19.8 Å². The van der Waals surface area contributed by atoms with Gasteiger partial charge in [-0.3, -0.25) is 0 Å². The molecule has 1 aromatic rings. The van der Waals surface area contributed by atoms with E-state index in [2.05, 4.69) is 14.9 Å². The number of rotatable bonds is 2. The largest absolute Gasteiger partial charge is 0.396 e. The summed E-state index contributed by atoms with van der Waals surface area (Å²) in [6.45, 7) is 5.98. The van der Waals surface area contributed by atoms with Crippen LogP contribution in [-0.2, 0) is 0 Å². The Labute approximate surface area is 102 Å². The number of nitrogens with zero attached hydrogens (tertiary/aromatic N) is 3. The van der Waals surface area contributed by atoms with Crippen LogP contribution in [0.4, 0.5) is 11.6 Å². The molecule has 2 rings (SSSR count). The van der Waals surface area contributed by atoms with Gasteiger partial charge in [0.25, 0.3) is 0 Å². The number of anilines is 2. The molecule has 1 aromatic heterocycles. The Morgan fingerprint density at radius 3 is 2.53 bits per heavy atom. The van der Waals surface area contributed by atoms with Gasteiger partial charge in [0.2, 0.25) is 0 Å². The summed E-state index contributed by atoms with van der Waals surface area (Å²) in [5.74, 6) is 2.67. The second-order valence-corrected chi connectivity index (χ2v) is 4.72. The van der Waals surface area contributed by atoms with Gasteiger partial charge < -0.3 is 15.7 Å². The first-order valence-electron chi connectivity index (χ1n) is 6.08. The van der Waals surface area contributed by atoms with Crippen molar-refractivity contribution < 1.29 is 5.11 Å². The van der Waals surface area contributed by atoms with Crippen molar-refractivity contribution in [3.63, 3.8) is 0 Å². The number of aliphatic hydroxyl groups excluding tert-OH is 1. The molecule has 2 heterocycles. The zero-order valence-corrected chi connectivity index (χ0v) is 10.5. The number of aliphatic hydroxyl groups is 1. The van der Waals surface area contributed by atoms with Crippen molar-refractivity contribution in [2.75, 3.05) is 30.3 Å². The average Bonchev–Trinajstić information content (AvgIpc) is 2.34. The highest BCUT2D eigenvalue weighted by atomic mass is 16.3. The fourth-order valence-electron chi connectivity index (χ4n) is 2.27. The monoisotopic (exact) mass is 236 g/mol. The topological polar surface area (TPSA) is 75.3 Å². The Morgan fingerprint density at radius 1 is 1.29 bits per heavy atom. The molecule has 94 valence electrons. The molecule has 3 N–H and O–H groups in total. The first-order chi connectivity index (χ1) is 8.11. The Bertz CT molecular complexity index is 400. The maximum absolute atomic E-state index is 9.13. The van der Waals surface area contributed by atoms with Gasteiger partial charge in [0.05, 0.1) is 0 Å². The maximum atomic E-state index is 9.13. The van der Waals surface area contributed by atoms with Crippen molar-refractivity contribution in [3.05, 3.63) is 11.4 Å². The minimum absolute atomic E-state index is 0.289. The van der Waals surface area contributed by atoms with E-state index < -0.39 is 0 Å². The van der Waals surface area contributed by atoms with Crippen LogP contribution in [0.5, 0.6) is 0 Å². The van der Waals surface area contributed by atoms with Crippen LogP contribution in [0.3, 0.4) is 0 Å². The summed E-state index contributed by atoms with van der Waals surface area (Å²) in [7, 11) is 0. The molecule has 1 saturated heterocycles. The standard InChI is InChI=1S/C12H20N4O/c1-8-11(13)14-9(2)15-12(8)16-5-3-10(7-17)4-6-16/h10,17H,3-7H2,1-2H3,(H2,13,14,15). The van der Waals surface area contributed by atoms with Gasteiger partial charge in [-0.05, 0) is 32.6 Å². The highest BCUT2D eigenvalue weighted by molar-refractivity contribution is 5.56. The minimum atomic E-state index is 0.289. The molecule has 1 aliphatic rings. The SMILES string of the molecule is Cc1nc(N)c(C)c(N2CCC(CO)CC2)n1. The summed E-state index contributed by atoms with van der Waals surface area (Å²) in [5, 5.41) is 9.13. The van der Waals surface area contributed by atoms with Gasteiger partial charge in [-0.2, -0.15) is 0 Å². The highest BCUT2D eigenvalue weighted by Crippen LogP contribution is 2.26. The molecular weight excluding hydrogens is 216 g/mol. The van der Waals surface area contributed by atoms with Crippen molar-refractivity contribution in [3.8, 4) is 0 Å². The van der Waals surface area contributed by atoms with Crippen molar-refractivity contribution >= 4 is 11.6 Å². The Balaban J connectivity index is 2.18. The number of piperidine rings is 1. The van der Waals surface area contributed by atoms with E-state index in [0.717, 1.165) is 37.3 Å². The van der Waals surface area contributed by atoms with Crippen LogP contribution >= 0.6 is 0 Å². The molecule has 1 fully saturated rings. The zero-order chi connectivity index (χ0) is 12.4. The number of hydrogen-bond donors (Lipinski definition) is 2. The Morgan fingerprint density at radius 2 is 1.94 bits per heavy atom. The van der Waals surface area contributed by atoms with Crippen LogP contribution in [0.25, 0.3) is 0 Å². The van der Waals surface area contributed by atoms with E-state index in [9.17, 15) is 0 Å². The van der Waals surface area contributed by atoms with Gasteiger partial charge in [-0.15, -0.1) is 0 Å². The molecule has 0 aromatic carbocycles. The molecule has 0 unspecified atom stereocenters. The lowest BCUT2D eigenvalue weighted by atomic mass is 9.98. The smallest absolute Gasteiger partial charge is 0.137 e. The van der Waals surface area contributed by atoms with E-state index in [4.69, 9.17) is 10.8 Å². The third-order valence-electron chi connectivity index (χ3n) is 3.44. The predicted molar refractivity (Wildman–Crippen MR) is 67.9 cm³/mol. The summed E-state index contributed by atoms with van der Waals surface area (Å²) < 4.78 is 0. The van der Waals surface area contributed by atoms with Crippen LogP contribution in [0.15, 0.2) is 0 Å². The van der Waals surface area contributed by atoms with Gasteiger partial charge >= 0.3 is 0 Å². The molecule has 5 heteroatoms. The minimum Gasteiger partial charge on any atom is -0.396 e. The molecule has 0 amide bonds. The molecule has 0 atom stereocenters. The van der Waals surface area contributed by atoms with Crippen LogP contribution in [0.1, 0.15) is 24.2 Å². The second-order valence-electron chi connectivity index (χ2n) is 4.72. The summed E-state index contributed by atoms with van der Waals surface area (Å²) >= 11 is 0. The second kappa shape index (κ2) is 4.87. The lowest BCUT2D eigenvalue weighted by Crippen LogP contribution is -2.36. The van der Waals surface area contributed by atoms with Gasteiger partial charge in [0, 0.05) is 25.3 Å². The third-order valence-corrected chi connectivity index (χ3v) is 3.44. The van der Waals surface area contributed by atoms with E-state index >= 15 is 0 Å². The average molecular weight is 236 g/mol. The molecule has 17 heavy (non-hydrogen) atoms. The van der Waals surface area contributed by atoms with E-state index in [1.807, 2.05) is 13.8 Å². The zero-order valence-electron chi connectivity index (χ0n) is 10.5. The van der Waals surface area contributed by atoms with Crippen molar-refractivity contribution in [2.24, 2.45) is 5.92 Å². The van der Waals surface area contributed by atoms with Gasteiger partial charge in [-0.25, -0.2) is 9.97 Å². The number of aryl methyl sites for hydroxylation is 1. The lowest BCUT2D eigenvalue weighted by Gasteiger charge is -2.33. The predicted octanol–water partition coefficient (Wildman–Crippen LogP) is 0.884. The molecular formula is C12H20N4O. The van der Waals surface area contributed by atoms with E-state index in [1.165, 1.54) is 0 Å². The molecule has 0 radical (unpaired) electrons. The molecule has 5 nitrogen and oxygen atoms in total. The Hall–Kier alpha value is -1.36.